The summed E-state index contributed by atoms with van der Waals surface area (Å²) in [6.45, 7) is 3.32. The van der Waals surface area contributed by atoms with Gasteiger partial charge in [0.05, 0.1) is 6.10 Å². The van der Waals surface area contributed by atoms with E-state index in [1.807, 2.05) is 0 Å². The van der Waals surface area contributed by atoms with Gasteiger partial charge in [0.1, 0.15) is 0 Å². The van der Waals surface area contributed by atoms with Crippen LogP contribution < -0.4 is 5.73 Å². The molecule has 0 aromatic heterocycles. The number of carbonyl (C=O) groups excluding carboxylic acids is 1. The fourth-order valence-corrected chi connectivity index (χ4v) is 2.56. The average Bonchev–Trinajstić information content (AvgIpc) is 2.48. The summed E-state index contributed by atoms with van der Waals surface area (Å²) >= 11 is 0. The van der Waals surface area contributed by atoms with E-state index in [0.29, 0.717) is 25.9 Å². The van der Waals surface area contributed by atoms with Crippen molar-refractivity contribution in [2.24, 2.45) is 5.73 Å². The zero-order valence-electron chi connectivity index (χ0n) is 14.5. The van der Waals surface area contributed by atoms with Crippen LogP contribution >= 0.6 is 0 Å². The number of rotatable bonds is 15. The topological polar surface area (TPSA) is 104 Å². The van der Waals surface area contributed by atoms with Crippen LogP contribution in [0.3, 0.4) is 0 Å². The Bertz CT molecular complexity index is 324. The second-order valence-electron chi connectivity index (χ2n) is 6.18. The van der Waals surface area contributed by atoms with Crippen molar-refractivity contribution in [1.82, 2.24) is 4.90 Å². The number of hydrogen-bond acceptors (Lipinski definition) is 3. The molecule has 0 unspecified atom stereocenters. The first-order chi connectivity index (χ1) is 11.0. The molecule has 0 aromatic carbocycles. The lowest BCUT2D eigenvalue weighted by Crippen LogP contribution is -2.37. The molecule has 0 radical (unpaired) electrons. The van der Waals surface area contributed by atoms with Crippen LogP contribution in [0.2, 0.25) is 0 Å². The summed E-state index contributed by atoms with van der Waals surface area (Å²) in [4.78, 5) is 23.4. The predicted molar refractivity (Wildman–Crippen MR) is 91.3 cm³/mol. The normalized spacial score (nSPS) is 12.1. The monoisotopic (exact) mass is 330 g/mol. The number of aliphatic hydroxyl groups is 1. The molecule has 0 aliphatic rings. The summed E-state index contributed by atoms with van der Waals surface area (Å²) in [5.41, 5.74) is 5.38. The highest BCUT2D eigenvalue weighted by molar-refractivity contribution is 5.71. The second-order valence-corrected chi connectivity index (χ2v) is 6.18. The SMILES string of the molecule is CCCCC[C@H](O)CCCN(CCCCCCC(=O)O)C(N)=O. The molecule has 4 N–H and O–H groups in total. The largest absolute Gasteiger partial charge is 0.481 e. The molecule has 0 spiro atoms. The smallest absolute Gasteiger partial charge is 0.314 e. The van der Waals surface area contributed by atoms with E-state index < -0.39 is 12.0 Å². The number of hydrogen-bond donors (Lipinski definition) is 3. The van der Waals surface area contributed by atoms with Gasteiger partial charge in [0.25, 0.3) is 0 Å². The quantitative estimate of drug-likeness (QED) is 0.401. The molecule has 0 rings (SSSR count). The zero-order valence-corrected chi connectivity index (χ0v) is 14.5. The first-order valence-electron chi connectivity index (χ1n) is 8.91. The van der Waals surface area contributed by atoms with Gasteiger partial charge in [-0.05, 0) is 32.1 Å². The number of carboxylic acid groups (broad SMARTS) is 1. The Hall–Kier alpha value is -1.30. The number of aliphatic hydroxyl groups excluding tert-OH is 1. The number of nitrogens with zero attached hydrogens (tertiary/aromatic N) is 1. The van der Waals surface area contributed by atoms with Gasteiger partial charge in [-0.3, -0.25) is 4.79 Å². The van der Waals surface area contributed by atoms with Gasteiger partial charge in [0, 0.05) is 19.5 Å². The standard InChI is InChI=1S/C17H34N2O4/c1-2-3-6-10-15(20)11-9-14-19(17(18)23)13-8-5-4-7-12-16(21)22/h15,20H,2-14H2,1H3,(H2,18,23)(H,21,22)/t15-/m0/s1. The number of primary amides is 1. The van der Waals surface area contributed by atoms with Gasteiger partial charge in [-0.15, -0.1) is 0 Å². The summed E-state index contributed by atoms with van der Waals surface area (Å²) in [6.07, 6.45) is 8.81. The Kier molecular flexibility index (Phi) is 13.5. The van der Waals surface area contributed by atoms with Crippen molar-refractivity contribution >= 4 is 12.0 Å². The Morgan fingerprint density at radius 3 is 2.17 bits per heavy atom. The molecule has 0 aliphatic heterocycles. The first kappa shape index (κ1) is 21.7. The zero-order chi connectivity index (χ0) is 17.5. The molecule has 23 heavy (non-hydrogen) atoms. The lowest BCUT2D eigenvalue weighted by molar-refractivity contribution is -0.137. The van der Waals surface area contributed by atoms with Crippen molar-refractivity contribution in [1.29, 1.82) is 0 Å². The van der Waals surface area contributed by atoms with Crippen molar-refractivity contribution < 1.29 is 19.8 Å². The summed E-state index contributed by atoms with van der Waals surface area (Å²) in [5, 5.41) is 18.4. The van der Waals surface area contributed by atoms with Crippen LogP contribution in [0.4, 0.5) is 4.79 Å². The molecule has 1 atom stereocenters. The van der Waals surface area contributed by atoms with E-state index >= 15 is 0 Å². The van der Waals surface area contributed by atoms with Gasteiger partial charge in [0.15, 0.2) is 0 Å². The van der Waals surface area contributed by atoms with Crippen LogP contribution in [0, 0.1) is 0 Å². The number of carboxylic acids is 1. The second kappa shape index (κ2) is 14.3. The minimum Gasteiger partial charge on any atom is -0.481 e. The van der Waals surface area contributed by atoms with Crippen LogP contribution in [0.5, 0.6) is 0 Å². The molecule has 0 saturated carbocycles. The molecular weight excluding hydrogens is 296 g/mol. The highest BCUT2D eigenvalue weighted by atomic mass is 16.4. The highest BCUT2D eigenvalue weighted by Gasteiger charge is 2.10. The fourth-order valence-electron chi connectivity index (χ4n) is 2.56. The van der Waals surface area contributed by atoms with E-state index in [0.717, 1.165) is 51.4 Å². The van der Waals surface area contributed by atoms with Gasteiger partial charge in [-0.25, -0.2) is 4.79 Å². The van der Waals surface area contributed by atoms with Crippen LogP contribution in [0.15, 0.2) is 0 Å². The molecule has 0 aliphatic carbocycles. The molecule has 0 aromatic rings. The van der Waals surface area contributed by atoms with Crippen LogP contribution in [-0.2, 0) is 4.79 Å². The Morgan fingerprint density at radius 2 is 1.57 bits per heavy atom. The molecule has 0 bridgehead atoms. The van der Waals surface area contributed by atoms with Crippen LogP contribution in [0.1, 0.15) is 77.6 Å². The van der Waals surface area contributed by atoms with Crippen molar-refractivity contribution in [3.63, 3.8) is 0 Å². The van der Waals surface area contributed by atoms with Crippen LogP contribution in [-0.4, -0.2) is 46.3 Å². The molecular formula is C17H34N2O4. The van der Waals surface area contributed by atoms with Gasteiger partial charge in [-0.2, -0.15) is 0 Å². The van der Waals surface area contributed by atoms with Crippen molar-refractivity contribution in [2.75, 3.05) is 13.1 Å². The first-order valence-corrected chi connectivity index (χ1v) is 8.91. The molecule has 136 valence electrons. The lowest BCUT2D eigenvalue weighted by atomic mass is 10.1. The number of urea groups is 1. The Labute approximate surface area is 140 Å². The van der Waals surface area contributed by atoms with Crippen molar-refractivity contribution in [3.8, 4) is 0 Å². The Morgan fingerprint density at radius 1 is 0.957 bits per heavy atom. The van der Waals surface area contributed by atoms with E-state index in [9.17, 15) is 14.7 Å². The average molecular weight is 330 g/mol. The number of amides is 2. The minimum absolute atomic E-state index is 0.204. The van der Waals surface area contributed by atoms with E-state index in [1.54, 1.807) is 4.90 Å². The third-order valence-electron chi connectivity index (χ3n) is 3.99. The van der Waals surface area contributed by atoms with Crippen LogP contribution in [0.25, 0.3) is 0 Å². The summed E-state index contributed by atoms with van der Waals surface area (Å²) in [6, 6.07) is -0.420. The summed E-state index contributed by atoms with van der Waals surface area (Å²) < 4.78 is 0. The Balaban J connectivity index is 3.73. The third kappa shape index (κ3) is 14.0. The van der Waals surface area contributed by atoms with Crippen molar-refractivity contribution in [2.45, 2.75) is 83.7 Å². The van der Waals surface area contributed by atoms with E-state index in [-0.39, 0.29) is 12.5 Å². The number of carbonyl (C=O) groups is 2. The van der Waals surface area contributed by atoms with Gasteiger partial charge in [0.2, 0.25) is 0 Å². The predicted octanol–water partition coefficient (Wildman–Crippen LogP) is 3.12. The number of unbranched alkanes of at least 4 members (excludes halogenated alkanes) is 5. The molecule has 6 heteroatoms. The number of aliphatic carboxylic acids is 1. The maximum atomic E-state index is 11.4. The molecule has 0 saturated heterocycles. The molecule has 0 fully saturated rings. The van der Waals surface area contributed by atoms with Gasteiger partial charge >= 0.3 is 12.0 Å². The fraction of sp³-hybridized carbons (Fsp3) is 0.882. The van der Waals surface area contributed by atoms with E-state index in [2.05, 4.69) is 6.92 Å². The molecule has 2 amide bonds. The van der Waals surface area contributed by atoms with Gasteiger partial charge < -0.3 is 20.8 Å². The summed E-state index contributed by atoms with van der Waals surface area (Å²) in [7, 11) is 0. The highest BCUT2D eigenvalue weighted by Crippen LogP contribution is 2.10. The molecule has 0 heterocycles. The van der Waals surface area contributed by atoms with Crippen molar-refractivity contribution in [3.05, 3.63) is 0 Å². The molecule has 6 nitrogen and oxygen atoms in total. The summed E-state index contributed by atoms with van der Waals surface area (Å²) in [5.74, 6) is -0.763. The third-order valence-corrected chi connectivity index (χ3v) is 3.99. The van der Waals surface area contributed by atoms with E-state index in [4.69, 9.17) is 10.8 Å². The lowest BCUT2D eigenvalue weighted by Gasteiger charge is -2.21. The van der Waals surface area contributed by atoms with E-state index in [1.165, 1.54) is 0 Å². The maximum absolute atomic E-state index is 11.4. The maximum Gasteiger partial charge on any atom is 0.314 e. The number of nitrogens with two attached hydrogens (primary N) is 1. The minimum atomic E-state index is -0.763. The van der Waals surface area contributed by atoms with Gasteiger partial charge in [-0.1, -0.05) is 39.0 Å².